The summed E-state index contributed by atoms with van der Waals surface area (Å²) in [7, 11) is 0. The molecule has 0 spiro atoms. The summed E-state index contributed by atoms with van der Waals surface area (Å²) in [4.78, 5) is 14.9. The van der Waals surface area contributed by atoms with Gasteiger partial charge in [-0.3, -0.25) is 4.98 Å². The third-order valence-electron chi connectivity index (χ3n) is 11.3. The van der Waals surface area contributed by atoms with Crippen molar-refractivity contribution in [3.8, 4) is 67.3 Å². The third-order valence-corrected chi connectivity index (χ3v) is 11.3. The zero-order valence-electron chi connectivity index (χ0n) is 31.5. The fourth-order valence-electron chi connectivity index (χ4n) is 8.56. The molecule has 0 radical (unpaired) electrons. The standard InChI is InChI=1S/C55H35N3/c1-2-15-37(16-3-1)53-34-54(48-26-11-6-21-43(48)42-20-13-29-56-35-42)58-55(57-53)41-19-12-18-39(31-41)49-32-51-47-25-10-8-23-45(47)50(33-52(51)46-24-9-7-22-44(46)49)40-28-27-36-14-4-5-17-38(36)30-40/h1-35H. The molecule has 0 N–H and O–H groups in total. The summed E-state index contributed by atoms with van der Waals surface area (Å²) in [6.07, 6.45) is 3.71. The van der Waals surface area contributed by atoms with Crippen molar-refractivity contribution in [1.29, 1.82) is 0 Å². The molecule has 270 valence electrons. The molecule has 0 atom stereocenters. The van der Waals surface area contributed by atoms with Crippen molar-refractivity contribution in [2.75, 3.05) is 0 Å². The third kappa shape index (κ3) is 5.89. The zero-order chi connectivity index (χ0) is 38.4. The molecule has 11 rings (SSSR count). The van der Waals surface area contributed by atoms with Gasteiger partial charge in [-0.25, -0.2) is 9.97 Å². The molecule has 0 amide bonds. The molecule has 11 aromatic rings. The van der Waals surface area contributed by atoms with E-state index in [1.165, 1.54) is 59.8 Å². The molecule has 3 heteroatoms. The second-order valence-electron chi connectivity index (χ2n) is 14.8. The first-order valence-corrected chi connectivity index (χ1v) is 19.7. The Labute approximate surface area is 336 Å². The van der Waals surface area contributed by atoms with E-state index in [1.54, 1.807) is 6.20 Å². The van der Waals surface area contributed by atoms with Gasteiger partial charge >= 0.3 is 0 Å². The van der Waals surface area contributed by atoms with Crippen LogP contribution in [0.25, 0.3) is 110 Å². The highest BCUT2D eigenvalue weighted by atomic mass is 14.9. The van der Waals surface area contributed by atoms with Crippen LogP contribution < -0.4 is 0 Å². The van der Waals surface area contributed by atoms with Gasteiger partial charge in [0.05, 0.1) is 11.4 Å². The SMILES string of the molecule is c1ccc(-c2cc(-c3ccccc3-c3cccnc3)nc(-c3cccc(-c4cc5c6ccccc6c(-c6ccc7ccccc7c6)cc5c5ccccc45)c3)n2)cc1. The first kappa shape index (κ1) is 33.6. The number of nitrogens with zero attached hydrogens (tertiary/aromatic N) is 3. The minimum absolute atomic E-state index is 0.676. The maximum Gasteiger partial charge on any atom is 0.160 e. The first-order chi connectivity index (χ1) is 28.7. The molecule has 0 unspecified atom stereocenters. The Morgan fingerprint density at radius 2 is 0.845 bits per heavy atom. The highest BCUT2D eigenvalue weighted by molar-refractivity contribution is 6.24. The summed E-state index contributed by atoms with van der Waals surface area (Å²) < 4.78 is 0. The van der Waals surface area contributed by atoms with Crippen molar-refractivity contribution >= 4 is 43.1 Å². The monoisotopic (exact) mass is 737 g/mol. The van der Waals surface area contributed by atoms with Crippen molar-refractivity contribution in [2.24, 2.45) is 0 Å². The summed E-state index contributed by atoms with van der Waals surface area (Å²) in [5.41, 5.74) is 11.6. The van der Waals surface area contributed by atoms with E-state index in [4.69, 9.17) is 9.97 Å². The van der Waals surface area contributed by atoms with Gasteiger partial charge in [-0.05, 0) is 107 Å². The molecule has 2 aromatic heterocycles. The van der Waals surface area contributed by atoms with Crippen LogP contribution in [-0.4, -0.2) is 15.0 Å². The van der Waals surface area contributed by atoms with Crippen LogP contribution in [0, 0.1) is 0 Å². The van der Waals surface area contributed by atoms with E-state index < -0.39 is 0 Å². The molecule has 9 aromatic carbocycles. The van der Waals surface area contributed by atoms with Crippen molar-refractivity contribution in [3.05, 3.63) is 213 Å². The highest BCUT2D eigenvalue weighted by Crippen LogP contribution is 2.43. The summed E-state index contributed by atoms with van der Waals surface area (Å²) in [6.45, 7) is 0. The Morgan fingerprint density at radius 3 is 1.57 bits per heavy atom. The van der Waals surface area contributed by atoms with Gasteiger partial charge in [-0.2, -0.15) is 0 Å². The summed E-state index contributed by atoms with van der Waals surface area (Å²) in [6, 6.07) is 71.5. The molecule has 2 heterocycles. The van der Waals surface area contributed by atoms with Gasteiger partial charge in [0.2, 0.25) is 0 Å². The van der Waals surface area contributed by atoms with Crippen molar-refractivity contribution in [2.45, 2.75) is 0 Å². The maximum absolute atomic E-state index is 5.30. The molecule has 0 bridgehead atoms. The summed E-state index contributed by atoms with van der Waals surface area (Å²) in [5, 5.41) is 9.88. The predicted octanol–water partition coefficient (Wildman–Crippen LogP) is 14.5. The highest BCUT2D eigenvalue weighted by Gasteiger charge is 2.18. The lowest BCUT2D eigenvalue weighted by molar-refractivity contribution is 1.18. The number of fused-ring (bicyclic) bond motifs is 6. The Morgan fingerprint density at radius 1 is 0.276 bits per heavy atom. The summed E-state index contributed by atoms with van der Waals surface area (Å²) >= 11 is 0. The molecule has 0 aliphatic rings. The van der Waals surface area contributed by atoms with E-state index in [0.29, 0.717) is 5.82 Å². The van der Waals surface area contributed by atoms with Crippen molar-refractivity contribution < 1.29 is 0 Å². The van der Waals surface area contributed by atoms with Crippen LogP contribution in [-0.2, 0) is 0 Å². The van der Waals surface area contributed by atoms with E-state index in [-0.39, 0.29) is 0 Å². The number of pyridine rings is 1. The van der Waals surface area contributed by atoms with Gasteiger partial charge in [-0.1, -0.05) is 164 Å². The zero-order valence-corrected chi connectivity index (χ0v) is 31.5. The minimum atomic E-state index is 0.676. The molecule has 0 fully saturated rings. The van der Waals surface area contributed by atoms with E-state index >= 15 is 0 Å². The van der Waals surface area contributed by atoms with E-state index in [1.807, 2.05) is 18.3 Å². The smallest absolute Gasteiger partial charge is 0.160 e. The van der Waals surface area contributed by atoms with E-state index in [2.05, 4.69) is 193 Å². The molecule has 3 nitrogen and oxygen atoms in total. The first-order valence-electron chi connectivity index (χ1n) is 19.7. The quantitative estimate of drug-likeness (QED) is 0.160. The molecule has 0 saturated heterocycles. The van der Waals surface area contributed by atoms with E-state index in [0.717, 1.165) is 44.8 Å². The van der Waals surface area contributed by atoms with Gasteiger partial charge in [-0.15, -0.1) is 0 Å². The molecule has 0 saturated carbocycles. The van der Waals surface area contributed by atoms with Crippen LogP contribution in [0.5, 0.6) is 0 Å². The topological polar surface area (TPSA) is 38.7 Å². The van der Waals surface area contributed by atoms with Crippen LogP contribution in [0.15, 0.2) is 213 Å². The number of rotatable bonds is 6. The van der Waals surface area contributed by atoms with Gasteiger partial charge in [0.1, 0.15) is 0 Å². The summed E-state index contributed by atoms with van der Waals surface area (Å²) in [5.74, 6) is 0.676. The average molecular weight is 738 g/mol. The lowest BCUT2D eigenvalue weighted by atomic mass is 9.87. The van der Waals surface area contributed by atoms with Gasteiger partial charge in [0, 0.05) is 34.6 Å². The lowest BCUT2D eigenvalue weighted by Gasteiger charge is -2.17. The van der Waals surface area contributed by atoms with Crippen LogP contribution in [0.3, 0.4) is 0 Å². The number of benzene rings is 9. The van der Waals surface area contributed by atoms with Gasteiger partial charge in [0.15, 0.2) is 5.82 Å². The molecule has 0 aliphatic heterocycles. The Bertz CT molecular complexity index is 3340. The maximum atomic E-state index is 5.30. The molecule has 0 aliphatic carbocycles. The van der Waals surface area contributed by atoms with E-state index in [9.17, 15) is 0 Å². The second-order valence-corrected chi connectivity index (χ2v) is 14.8. The van der Waals surface area contributed by atoms with Crippen LogP contribution >= 0.6 is 0 Å². The Hall–Kier alpha value is -7.75. The van der Waals surface area contributed by atoms with Gasteiger partial charge < -0.3 is 0 Å². The Balaban J connectivity index is 1.10. The number of hydrogen-bond donors (Lipinski definition) is 0. The van der Waals surface area contributed by atoms with Crippen molar-refractivity contribution in [3.63, 3.8) is 0 Å². The van der Waals surface area contributed by atoms with Crippen LogP contribution in [0.2, 0.25) is 0 Å². The minimum Gasteiger partial charge on any atom is -0.264 e. The normalized spacial score (nSPS) is 11.4. The molecular weight excluding hydrogens is 703 g/mol. The number of hydrogen-bond acceptors (Lipinski definition) is 3. The lowest BCUT2D eigenvalue weighted by Crippen LogP contribution is -1.97. The predicted molar refractivity (Wildman–Crippen MR) is 242 cm³/mol. The van der Waals surface area contributed by atoms with Crippen LogP contribution in [0.1, 0.15) is 0 Å². The average Bonchev–Trinajstić information content (AvgIpc) is 3.31. The molecule has 58 heavy (non-hydrogen) atoms. The largest absolute Gasteiger partial charge is 0.264 e. The fourth-order valence-corrected chi connectivity index (χ4v) is 8.56. The van der Waals surface area contributed by atoms with Gasteiger partial charge in [0.25, 0.3) is 0 Å². The van der Waals surface area contributed by atoms with Crippen LogP contribution in [0.4, 0.5) is 0 Å². The second kappa shape index (κ2) is 14.1. The Kier molecular flexibility index (Phi) is 8.15. The number of aromatic nitrogens is 3. The fraction of sp³-hybridized carbons (Fsp3) is 0. The molecular formula is C55H35N3. The van der Waals surface area contributed by atoms with Crippen molar-refractivity contribution in [1.82, 2.24) is 15.0 Å².